The Kier molecular flexibility index (Phi) is 5.60. The molecule has 2 N–H and O–H groups in total. The van der Waals surface area contributed by atoms with Gasteiger partial charge in [-0.25, -0.2) is 0 Å². The van der Waals surface area contributed by atoms with Crippen LogP contribution in [-0.2, 0) is 6.54 Å². The quantitative estimate of drug-likeness (QED) is 0.821. The van der Waals surface area contributed by atoms with E-state index in [0.717, 1.165) is 29.2 Å². The monoisotopic (exact) mass is 287 g/mol. The number of nitrogens with one attached hydrogen (secondary N) is 1. The summed E-state index contributed by atoms with van der Waals surface area (Å²) in [6.07, 6.45) is -0.692. The molecule has 0 aliphatic heterocycles. The van der Waals surface area contributed by atoms with Crippen LogP contribution in [0.15, 0.2) is 48.5 Å². The third-order valence-corrected chi connectivity index (χ3v) is 3.22. The highest BCUT2D eigenvalue weighted by molar-refractivity contribution is 5.34. The number of methoxy groups -OCH3 is 1. The van der Waals surface area contributed by atoms with Gasteiger partial charge in [0.25, 0.3) is 0 Å². The van der Waals surface area contributed by atoms with E-state index in [9.17, 15) is 5.11 Å². The molecule has 0 radical (unpaired) electrons. The van der Waals surface area contributed by atoms with Crippen molar-refractivity contribution in [1.29, 1.82) is 0 Å². The number of hydrogen-bond acceptors (Lipinski definition) is 4. The standard InChI is InChI=1S/C17H21NO3/c1-18-11-14-6-3-4-9-17(14)21-12-16(19)13-7-5-8-15(10-13)20-2/h3-10,16,18-19H,11-12H2,1-2H3. The molecule has 0 aromatic heterocycles. The highest BCUT2D eigenvalue weighted by atomic mass is 16.5. The van der Waals surface area contributed by atoms with Gasteiger partial charge in [-0.3, -0.25) is 0 Å². The fourth-order valence-electron chi connectivity index (χ4n) is 2.09. The van der Waals surface area contributed by atoms with E-state index in [2.05, 4.69) is 5.32 Å². The maximum Gasteiger partial charge on any atom is 0.123 e. The minimum atomic E-state index is -0.692. The molecule has 0 aliphatic carbocycles. The predicted octanol–water partition coefficient (Wildman–Crippen LogP) is 2.53. The number of para-hydroxylation sites is 1. The lowest BCUT2D eigenvalue weighted by molar-refractivity contribution is 0.107. The Morgan fingerprint density at radius 1 is 1.14 bits per heavy atom. The van der Waals surface area contributed by atoms with Gasteiger partial charge in [-0.2, -0.15) is 0 Å². The second-order valence-electron chi connectivity index (χ2n) is 4.74. The van der Waals surface area contributed by atoms with Crippen LogP contribution in [0.5, 0.6) is 11.5 Å². The van der Waals surface area contributed by atoms with Crippen molar-refractivity contribution >= 4 is 0 Å². The Balaban J connectivity index is 2.02. The van der Waals surface area contributed by atoms with Crippen molar-refractivity contribution in [3.63, 3.8) is 0 Å². The zero-order chi connectivity index (χ0) is 15.1. The summed E-state index contributed by atoms with van der Waals surface area (Å²) in [5.41, 5.74) is 1.85. The van der Waals surface area contributed by atoms with Crippen LogP contribution < -0.4 is 14.8 Å². The molecule has 0 saturated heterocycles. The zero-order valence-electron chi connectivity index (χ0n) is 12.4. The predicted molar refractivity (Wildman–Crippen MR) is 82.7 cm³/mol. The summed E-state index contributed by atoms with van der Waals surface area (Å²) in [6, 6.07) is 15.2. The van der Waals surface area contributed by atoms with Crippen LogP contribution in [0, 0.1) is 0 Å². The van der Waals surface area contributed by atoms with Gasteiger partial charge in [0.2, 0.25) is 0 Å². The van der Waals surface area contributed by atoms with Crippen LogP contribution >= 0.6 is 0 Å². The van der Waals surface area contributed by atoms with E-state index in [1.54, 1.807) is 7.11 Å². The van der Waals surface area contributed by atoms with Gasteiger partial charge in [0.05, 0.1) is 7.11 Å². The molecule has 0 saturated carbocycles. The molecule has 2 aromatic rings. The van der Waals surface area contributed by atoms with Crippen molar-refractivity contribution in [2.75, 3.05) is 20.8 Å². The minimum absolute atomic E-state index is 0.202. The summed E-state index contributed by atoms with van der Waals surface area (Å²) in [6.45, 7) is 0.930. The average Bonchev–Trinajstić information content (AvgIpc) is 2.54. The van der Waals surface area contributed by atoms with Crippen molar-refractivity contribution in [3.05, 3.63) is 59.7 Å². The van der Waals surface area contributed by atoms with Crippen LogP contribution in [0.3, 0.4) is 0 Å². The van der Waals surface area contributed by atoms with Crippen molar-refractivity contribution in [3.8, 4) is 11.5 Å². The molecular formula is C17H21NO3. The minimum Gasteiger partial charge on any atom is -0.497 e. The van der Waals surface area contributed by atoms with E-state index in [-0.39, 0.29) is 6.61 Å². The lowest BCUT2D eigenvalue weighted by Gasteiger charge is -2.15. The summed E-state index contributed by atoms with van der Waals surface area (Å²) in [5.74, 6) is 1.51. The topological polar surface area (TPSA) is 50.7 Å². The van der Waals surface area contributed by atoms with Crippen LogP contribution in [0.25, 0.3) is 0 Å². The first-order valence-corrected chi connectivity index (χ1v) is 6.92. The Labute approximate surface area is 125 Å². The highest BCUT2D eigenvalue weighted by Gasteiger charge is 2.10. The second kappa shape index (κ2) is 7.67. The number of aliphatic hydroxyl groups is 1. The van der Waals surface area contributed by atoms with Gasteiger partial charge < -0.3 is 19.9 Å². The van der Waals surface area contributed by atoms with E-state index in [0.29, 0.717) is 0 Å². The number of hydrogen-bond donors (Lipinski definition) is 2. The van der Waals surface area contributed by atoms with E-state index < -0.39 is 6.10 Å². The molecule has 2 aromatic carbocycles. The van der Waals surface area contributed by atoms with Crippen LogP contribution in [-0.4, -0.2) is 25.9 Å². The van der Waals surface area contributed by atoms with Crippen molar-refractivity contribution in [2.45, 2.75) is 12.6 Å². The SMILES string of the molecule is CNCc1ccccc1OCC(O)c1cccc(OC)c1. The first kappa shape index (κ1) is 15.4. The molecule has 0 amide bonds. The van der Waals surface area contributed by atoms with Crippen molar-refractivity contribution < 1.29 is 14.6 Å². The van der Waals surface area contributed by atoms with Gasteiger partial charge in [-0.15, -0.1) is 0 Å². The average molecular weight is 287 g/mol. The molecule has 4 heteroatoms. The summed E-state index contributed by atoms with van der Waals surface area (Å²) in [5, 5.41) is 13.3. The summed E-state index contributed by atoms with van der Waals surface area (Å²) >= 11 is 0. The Hall–Kier alpha value is -2.04. The Bertz CT molecular complexity index is 571. The van der Waals surface area contributed by atoms with E-state index >= 15 is 0 Å². The number of rotatable bonds is 7. The Morgan fingerprint density at radius 3 is 2.71 bits per heavy atom. The summed E-state index contributed by atoms with van der Waals surface area (Å²) in [7, 11) is 3.50. The fraction of sp³-hybridized carbons (Fsp3) is 0.294. The van der Waals surface area contributed by atoms with Crippen LogP contribution in [0.2, 0.25) is 0 Å². The number of ether oxygens (including phenoxy) is 2. The smallest absolute Gasteiger partial charge is 0.123 e. The third kappa shape index (κ3) is 4.21. The number of benzene rings is 2. The normalized spacial score (nSPS) is 12.0. The summed E-state index contributed by atoms with van der Waals surface area (Å²) in [4.78, 5) is 0. The second-order valence-corrected chi connectivity index (χ2v) is 4.74. The van der Waals surface area contributed by atoms with Crippen LogP contribution in [0.1, 0.15) is 17.2 Å². The molecule has 2 rings (SSSR count). The first-order valence-electron chi connectivity index (χ1n) is 6.92. The summed E-state index contributed by atoms with van der Waals surface area (Å²) < 4.78 is 10.9. The van der Waals surface area contributed by atoms with Crippen molar-refractivity contribution in [1.82, 2.24) is 5.32 Å². The molecular weight excluding hydrogens is 266 g/mol. The van der Waals surface area contributed by atoms with Crippen molar-refractivity contribution in [2.24, 2.45) is 0 Å². The van der Waals surface area contributed by atoms with Gasteiger partial charge in [-0.1, -0.05) is 30.3 Å². The molecule has 0 aliphatic rings. The fourth-order valence-corrected chi connectivity index (χ4v) is 2.09. The van der Waals surface area contributed by atoms with E-state index in [1.807, 2.05) is 55.6 Å². The molecule has 0 bridgehead atoms. The van der Waals surface area contributed by atoms with E-state index in [1.165, 1.54) is 0 Å². The lowest BCUT2D eigenvalue weighted by atomic mass is 10.1. The zero-order valence-corrected chi connectivity index (χ0v) is 12.4. The molecule has 112 valence electrons. The maximum absolute atomic E-state index is 10.2. The van der Waals surface area contributed by atoms with E-state index in [4.69, 9.17) is 9.47 Å². The van der Waals surface area contributed by atoms with Gasteiger partial charge in [0.15, 0.2) is 0 Å². The molecule has 0 heterocycles. The van der Waals surface area contributed by atoms with Gasteiger partial charge in [0, 0.05) is 12.1 Å². The number of aliphatic hydroxyl groups excluding tert-OH is 1. The van der Waals surface area contributed by atoms with Gasteiger partial charge >= 0.3 is 0 Å². The molecule has 1 atom stereocenters. The molecule has 0 spiro atoms. The van der Waals surface area contributed by atoms with Crippen LogP contribution in [0.4, 0.5) is 0 Å². The third-order valence-electron chi connectivity index (χ3n) is 3.22. The lowest BCUT2D eigenvalue weighted by Crippen LogP contribution is -2.12. The largest absolute Gasteiger partial charge is 0.497 e. The van der Waals surface area contributed by atoms with Gasteiger partial charge in [0.1, 0.15) is 24.2 Å². The highest BCUT2D eigenvalue weighted by Crippen LogP contribution is 2.22. The first-order chi connectivity index (χ1) is 10.2. The maximum atomic E-state index is 10.2. The molecule has 21 heavy (non-hydrogen) atoms. The van der Waals surface area contributed by atoms with Gasteiger partial charge in [-0.05, 0) is 30.8 Å². The molecule has 4 nitrogen and oxygen atoms in total. The molecule has 0 fully saturated rings. The Morgan fingerprint density at radius 2 is 1.95 bits per heavy atom. The molecule has 1 unspecified atom stereocenters.